The van der Waals surface area contributed by atoms with Gasteiger partial charge >= 0.3 is 5.76 Å². The lowest BCUT2D eigenvalue weighted by Gasteiger charge is -2.24. The predicted octanol–water partition coefficient (Wildman–Crippen LogP) is 1.67. The Labute approximate surface area is 110 Å². The Morgan fingerprint density at radius 3 is 2.53 bits per heavy atom. The molecule has 0 saturated heterocycles. The van der Waals surface area contributed by atoms with E-state index in [1.165, 1.54) is 23.1 Å². The molecule has 1 aromatic carbocycles. The maximum Gasteiger partial charge on any atom is 0.341 e. The first-order chi connectivity index (χ1) is 8.95. The summed E-state index contributed by atoms with van der Waals surface area (Å²) < 4.78 is 48.5. The quantitative estimate of drug-likeness (QED) is 0.776. The van der Waals surface area contributed by atoms with Crippen LogP contribution in [0.4, 0.5) is 14.5 Å². The fourth-order valence-electron chi connectivity index (χ4n) is 1.64. The van der Waals surface area contributed by atoms with E-state index in [-0.39, 0.29) is 25.4 Å². The van der Waals surface area contributed by atoms with E-state index in [9.17, 15) is 17.2 Å². The molecule has 0 fully saturated rings. The van der Waals surface area contributed by atoms with Gasteiger partial charge in [-0.1, -0.05) is 18.2 Å². The molecule has 0 heterocycles. The fraction of sp³-hybridized carbons (Fsp3) is 0.333. The van der Waals surface area contributed by atoms with E-state index in [0.29, 0.717) is 0 Å². The minimum absolute atomic E-state index is 0.127. The summed E-state index contributed by atoms with van der Waals surface area (Å²) in [6.07, 6.45) is 1.50. The van der Waals surface area contributed by atoms with E-state index in [1.54, 1.807) is 6.07 Å². The molecule has 0 saturated carbocycles. The minimum atomic E-state index is -4.68. The third kappa shape index (κ3) is 3.51. The van der Waals surface area contributed by atoms with E-state index in [1.807, 2.05) is 0 Å². The first-order valence-corrected chi connectivity index (χ1v) is 7.07. The van der Waals surface area contributed by atoms with Crippen molar-refractivity contribution in [1.82, 2.24) is 0 Å². The second kappa shape index (κ2) is 6.63. The normalized spacial score (nSPS) is 11.6. The highest BCUT2D eigenvalue weighted by molar-refractivity contribution is 7.91. The standard InChI is InChI=1S/C12H15F2NO3S/c1-2-7-15(8-9-16)10-5-3-4-6-11(10)19(17,18)12(13)14/h2-6,12,16H,1,7-9H2. The van der Waals surface area contributed by atoms with Gasteiger partial charge in [0.2, 0.25) is 9.84 Å². The van der Waals surface area contributed by atoms with E-state index in [0.717, 1.165) is 6.07 Å². The van der Waals surface area contributed by atoms with Crippen molar-refractivity contribution in [3.8, 4) is 0 Å². The van der Waals surface area contributed by atoms with Gasteiger partial charge in [0.15, 0.2) is 0 Å². The van der Waals surface area contributed by atoms with Crippen LogP contribution in [0, 0.1) is 0 Å². The molecule has 19 heavy (non-hydrogen) atoms. The van der Waals surface area contributed by atoms with Gasteiger partial charge in [0.05, 0.1) is 17.2 Å². The smallest absolute Gasteiger partial charge is 0.341 e. The lowest BCUT2D eigenvalue weighted by molar-refractivity contribution is 0.234. The molecule has 1 rings (SSSR count). The molecule has 1 N–H and O–H groups in total. The number of benzene rings is 1. The average molecular weight is 291 g/mol. The summed E-state index contributed by atoms with van der Waals surface area (Å²) in [4.78, 5) is 1.03. The van der Waals surface area contributed by atoms with Crippen molar-refractivity contribution in [2.45, 2.75) is 10.7 Å². The lowest BCUT2D eigenvalue weighted by Crippen LogP contribution is -2.28. The largest absolute Gasteiger partial charge is 0.395 e. The van der Waals surface area contributed by atoms with Crippen molar-refractivity contribution in [2.75, 3.05) is 24.6 Å². The van der Waals surface area contributed by atoms with Crippen molar-refractivity contribution in [1.29, 1.82) is 0 Å². The molecule has 0 atom stereocenters. The number of aliphatic hydroxyl groups excluding tert-OH is 1. The number of nitrogens with zero attached hydrogens (tertiary/aromatic N) is 1. The second-order valence-electron chi connectivity index (χ2n) is 3.73. The topological polar surface area (TPSA) is 57.6 Å². The molecular formula is C12H15F2NO3S. The van der Waals surface area contributed by atoms with Gasteiger partial charge in [-0.05, 0) is 12.1 Å². The van der Waals surface area contributed by atoms with Gasteiger partial charge < -0.3 is 10.0 Å². The Bertz CT molecular complexity index is 532. The van der Waals surface area contributed by atoms with Crippen LogP contribution in [-0.2, 0) is 9.84 Å². The number of alkyl halides is 2. The molecule has 0 spiro atoms. The summed E-state index contributed by atoms with van der Waals surface area (Å²) in [6, 6.07) is 5.48. The van der Waals surface area contributed by atoms with Crippen molar-refractivity contribution in [2.24, 2.45) is 0 Å². The second-order valence-corrected chi connectivity index (χ2v) is 5.62. The molecule has 0 aromatic heterocycles. The first kappa shape index (κ1) is 15.6. The molecule has 106 valence electrons. The molecule has 4 nitrogen and oxygen atoms in total. The number of halogens is 2. The van der Waals surface area contributed by atoms with Crippen LogP contribution in [0.25, 0.3) is 0 Å². The molecule has 0 aliphatic rings. The van der Waals surface area contributed by atoms with Gasteiger partial charge in [-0.15, -0.1) is 6.58 Å². The molecule has 0 unspecified atom stereocenters. The van der Waals surface area contributed by atoms with E-state index in [4.69, 9.17) is 5.11 Å². The fourth-order valence-corrected chi connectivity index (χ4v) is 2.59. The lowest BCUT2D eigenvalue weighted by atomic mass is 10.3. The monoisotopic (exact) mass is 291 g/mol. The van der Waals surface area contributed by atoms with Crippen LogP contribution < -0.4 is 4.90 Å². The minimum Gasteiger partial charge on any atom is -0.395 e. The van der Waals surface area contributed by atoms with Gasteiger partial charge in [-0.3, -0.25) is 0 Å². The highest BCUT2D eigenvalue weighted by Crippen LogP contribution is 2.28. The molecule has 0 aliphatic heterocycles. The summed E-state index contributed by atoms with van der Waals surface area (Å²) in [7, 11) is -4.68. The molecule has 7 heteroatoms. The Balaban J connectivity index is 3.32. The number of para-hydroxylation sites is 1. The van der Waals surface area contributed by atoms with Crippen LogP contribution in [0.1, 0.15) is 0 Å². The van der Waals surface area contributed by atoms with Crippen molar-refractivity contribution in [3.05, 3.63) is 36.9 Å². The zero-order valence-electron chi connectivity index (χ0n) is 10.2. The molecule has 0 aliphatic carbocycles. The number of hydrogen-bond donors (Lipinski definition) is 1. The Morgan fingerprint density at radius 2 is 2.00 bits per heavy atom. The van der Waals surface area contributed by atoms with Crippen LogP contribution in [0.3, 0.4) is 0 Å². The van der Waals surface area contributed by atoms with E-state index >= 15 is 0 Å². The predicted molar refractivity (Wildman–Crippen MR) is 69.1 cm³/mol. The Morgan fingerprint density at radius 1 is 1.37 bits per heavy atom. The number of aliphatic hydroxyl groups is 1. The summed E-state index contributed by atoms with van der Waals surface area (Å²) in [5.41, 5.74) is 0.136. The van der Waals surface area contributed by atoms with Crippen LogP contribution in [0.5, 0.6) is 0 Å². The highest BCUT2D eigenvalue weighted by atomic mass is 32.2. The zero-order valence-corrected chi connectivity index (χ0v) is 11.0. The summed E-state index contributed by atoms with van der Waals surface area (Å²) in [5.74, 6) is -3.48. The van der Waals surface area contributed by atoms with Gasteiger partial charge in [0.25, 0.3) is 0 Å². The zero-order chi connectivity index (χ0) is 14.5. The molecule has 1 aromatic rings. The van der Waals surface area contributed by atoms with E-state index < -0.39 is 20.5 Å². The third-order valence-electron chi connectivity index (χ3n) is 2.47. The van der Waals surface area contributed by atoms with Gasteiger partial charge in [0.1, 0.15) is 0 Å². The number of anilines is 1. The summed E-state index contributed by atoms with van der Waals surface area (Å²) in [5, 5.41) is 8.95. The van der Waals surface area contributed by atoms with Crippen molar-refractivity contribution in [3.63, 3.8) is 0 Å². The number of sulfone groups is 1. The van der Waals surface area contributed by atoms with Gasteiger partial charge in [-0.2, -0.15) is 8.78 Å². The Hall–Kier alpha value is -1.47. The van der Waals surface area contributed by atoms with Gasteiger partial charge in [0, 0.05) is 13.1 Å². The van der Waals surface area contributed by atoms with Crippen molar-refractivity contribution < 1.29 is 22.3 Å². The number of hydrogen-bond acceptors (Lipinski definition) is 4. The summed E-state index contributed by atoms with van der Waals surface area (Å²) >= 11 is 0. The van der Waals surface area contributed by atoms with Crippen LogP contribution >= 0.6 is 0 Å². The van der Waals surface area contributed by atoms with Crippen LogP contribution in [0.15, 0.2) is 41.8 Å². The van der Waals surface area contributed by atoms with Crippen LogP contribution in [0.2, 0.25) is 0 Å². The van der Waals surface area contributed by atoms with Gasteiger partial charge in [-0.25, -0.2) is 8.42 Å². The highest BCUT2D eigenvalue weighted by Gasteiger charge is 2.30. The number of rotatable bonds is 7. The Kier molecular flexibility index (Phi) is 5.44. The molecular weight excluding hydrogens is 276 g/mol. The maximum absolute atomic E-state index is 12.6. The maximum atomic E-state index is 12.6. The van der Waals surface area contributed by atoms with Crippen LogP contribution in [-0.4, -0.2) is 39.0 Å². The average Bonchev–Trinajstić information content (AvgIpc) is 2.38. The van der Waals surface area contributed by atoms with E-state index in [2.05, 4.69) is 6.58 Å². The molecule has 0 bridgehead atoms. The first-order valence-electron chi connectivity index (χ1n) is 5.53. The van der Waals surface area contributed by atoms with Crippen molar-refractivity contribution >= 4 is 15.5 Å². The third-order valence-corrected chi connectivity index (χ3v) is 3.89. The molecule has 0 amide bonds. The SMILES string of the molecule is C=CCN(CCO)c1ccccc1S(=O)(=O)C(F)F. The summed E-state index contributed by atoms with van der Waals surface area (Å²) in [6.45, 7) is 3.66. The molecule has 0 radical (unpaired) electrons.